The molecule has 1 aromatic carbocycles. The number of piperazine rings is 1. The van der Waals surface area contributed by atoms with Gasteiger partial charge in [0.2, 0.25) is 0 Å². The van der Waals surface area contributed by atoms with E-state index in [1.807, 2.05) is 18.2 Å². The number of hydrogen-bond acceptors (Lipinski definition) is 7. The Morgan fingerprint density at radius 3 is 2.27 bits per heavy atom. The Hall–Kier alpha value is -3.35. The van der Waals surface area contributed by atoms with Crippen LogP contribution in [0.5, 0.6) is 0 Å². The first kappa shape index (κ1) is 16.1. The zero-order valence-corrected chi connectivity index (χ0v) is 14.4. The van der Waals surface area contributed by atoms with Crippen LogP contribution in [0.3, 0.4) is 0 Å². The van der Waals surface area contributed by atoms with Crippen LogP contribution in [0.2, 0.25) is 0 Å². The van der Waals surface area contributed by atoms with Crippen molar-refractivity contribution in [3.05, 3.63) is 61.2 Å². The first-order valence-corrected chi connectivity index (χ1v) is 8.64. The highest BCUT2D eigenvalue weighted by Gasteiger charge is 2.21. The Morgan fingerprint density at radius 1 is 0.846 bits per heavy atom. The molecule has 132 valence electrons. The molecule has 3 heterocycles. The number of para-hydroxylation sites is 1. The molecule has 0 saturated carbocycles. The number of nitrogens with one attached hydrogen (secondary N) is 1. The van der Waals surface area contributed by atoms with E-state index >= 15 is 0 Å². The van der Waals surface area contributed by atoms with Gasteiger partial charge in [-0.3, -0.25) is 4.98 Å². The van der Waals surface area contributed by atoms with Gasteiger partial charge < -0.3 is 20.9 Å². The van der Waals surface area contributed by atoms with Crippen molar-refractivity contribution in [3.63, 3.8) is 0 Å². The third-order valence-electron chi connectivity index (χ3n) is 4.51. The van der Waals surface area contributed by atoms with Crippen molar-refractivity contribution in [2.75, 3.05) is 47.0 Å². The molecule has 0 spiro atoms. The SMILES string of the molecule is Nc1c(Nc2ccncc2)ncnc1N1CCN(c2ccccc2)CC1. The van der Waals surface area contributed by atoms with E-state index in [9.17, 15) is 0 Å². The van der Waals surface area contributed by atoms with E-state index in [2.05, 4.69) is 54.3 Å². The Bertz CT molecular complexity index is 846. The van der Waals surface area contributed by atoms with Gasteiger partial charge in [-0.25, -0.2) is 9.97 Å². The lowest BCUT2D eigenvalue weighted by Gasteiger charge is -2.37. The molecule has 1 saturated heterocycles. The van der Waals surface area contributed by atoms with Gasteiger partial charge in [0, 0.05) is 49.9 Å². The predicted octanol–water partition coefficient (Wildman–Crippen LogP) is 2.52. The summed E-state index contributed by atoms with van der Waals surface area (Å²) in [6.07, 6.45) is 5.01. The monoisotopic (exact) mass is 347 g/mol. The van der Waals surface area contributed by atoms with Crippen LogP contribution >= 0.6 is 0 Å². The standard InChI is InChI=1S/C19H21N7/c20-17-18(24-15-6-8-21-9-7-15)22-14-23-19(17)26-12-10-25(11-13-26)16-4-2-1-3-5-16/h1-9,14H,10-13,20H2,(H,21,22,23,24). The molecular weight excluding hydrogens is 326 g/mol. The van der Waals surface area contributed by atoms with Crippen LogP contribution < -0.4 is 20.9 Å². The number of pyridine rings is 1. The molecule has 0 radical (unpaired) electrons. The largest absolute Gasteiger partial charge is 0.393 e. The summed E-state index contributed by atoms with van der Waals surface area (Å²) in [5.74, 6) is 1.40. The Kier molecular flexibility index (Phi) is 4.51. The van der Waals surface area contributed by atoms with Gasteiger partial charge in [0.05, 0.1) is 0 Å². The molecule has 1 aliphatic heterocycles. The number of anilines is 5. The molecule has 26 heavy (non-hydrogen) atoms. The van der Waals surface area contributed by atoms with Gasteiger partial charge >= 0.3 is 0 Å². The van der Waals surface area contributed by atoms with E-state index in [0.29, 0.717) is 11.5 Å². The first-order chi connectivity index (χ1) is 12.8. The fraction of sp³-hybridized carbons (Fsp3) is 0.211. The third kappa shape index (κ3) is 3.37. The highest BCUT2D eigenvalue weighted by molar-refractivity contribution is 5.78. The van der Waals surface area contributed by atoms with Gasteiger partial charge in [0.25, 0.3) is 0 Å². The number of hydrogen-bond donors (Lipinski definition) is 2. The van der Waals surface area contributed by atoms with E-state index in [-0.39, 0.29) is 0 Å². The Labute approximate surface area is 152 Å². The van der Waals surface area contributed by atoms with E-state index in [1.54, 1.807) is 18.7 Å². The molecule has 0 bridgehead atoms. The minimum atomic E-state index is 0.567. The van der Waals surface area contributed by atoms with Crippen molar-refractivity contribution in [1.82, 2.24) is 15.0 Å². The van der Waals surface area contributed by atoms with Gasteiger partial charge in [-0.15, -0.1) is 0 Å². The number of nitrogens with two attached hydrogens (primary N) is 1. The summed E-state index contributed by atoms with van der Waals surface area (Å²) in [7, 11) is 0. The first-order valence-electron chi connectivity index (χ1n) is 8.64. The zero-order valence-electron chi connectivity index (χ0n) is 14.4. The van der Waals surface area contributed by atoms with Crippen LogP contribution in [0.4, 0.5) is 28.7 Å². The van der Waals surface area contributed by atoms with Crippen LogP contribution in [0.1, 0.15) is 0 Å². The lowest BCUT2D eigenvalue weighted by molar-refractivity contribution is 0.647. The van der Waals surface area contributed by atoms with Crippen LogP contribution in [0, 0.1) is 0 Å². The lowest BCUT2D eigenvalue weighted by atomic mass is 10.2. The van der Waals surface area contributed by atoms with Gasteiger partial charge in [-0.1, -0.05) is 18.2 Å². The number of rotatable bonds is 4. The summed E-state index contributed by atoms with van der Waals surface area (Å²) >= 11 is 0. The van der Waals surface area contributed by atoms with E-state index in [4.69, 9.17) is 5.73 Å². The zero-order chi connectivity index (χ0) is 17.8. The lowest BCUT2D eigenvalue weighted by Crippen LogP contribution is -2.47. The fourth-order valence-corrected chi connectivity index (χ4v) is 3.13. The molecule has 0 atom stereocenters. The highest BCUT2D eigenvalue weighted by atomic mass is 15.3. The average Bonchev–Trinajstić information content (AvgIpc) is 2.71. The molecule has 7 heteroatoms. The van der Waals surface area contributed by atoms with Gasteiger partial charge in [-0.2, -0.15) is 0 Å². The average molecular weight is 347 g/mol. The summed E-state index contributed by atoms with van der Waals surface area (Å²) in [5, 5.41) is 3.23. The van der Waals surface area contributed by atoms with Crippen LogP contribution in [-0.4, -0.2) is 41.1 Å². The maximum atomic E-state index is 6.35. The van der Waals surface area contributed by atoms with Gasteiger partial charge in [0.1, 0.15) is 12.0 Å². The summed E-state index contributed by atoms with van der Waals surface area (Å²) in [6.45, 7) is 3.59. The number of benzene rings is 1. The Balaban J connectivity index is 1.48. The van der Waals surface area contributed by atoms with Crippen molar-refractivity contribution in [1.29, 1.82) is 0 Å². The van der Waals surface area contributed by atoms with Crippen LogP contribution in [-0.2, 0) is 0 Å². The fourth-order valence-electron chi connectivity index (χ4n) is 3.13. The quantitative estimate of drug-likeness (QED) is 0.750. The summed E-state index contributed by atoms with van der Waals surface area (Å²) in [4.78, 5) is 17.3. The molecule has 3 N–H and O–H groups in total. The van der Waals surface area contributed by atoms with E-state index in [0.717, 1.165) is 37.7 Å². The number of aromatic nitrogens is 3. The van der Waals surface area contributed by atoms with Crippen LogP contribution in [0.25, 0.3) is 0 Å². The highest BCUT2D eigenvalue weighted by Crippen LogP contribution is 2.29. The van der Waals surface area contributed by atoms with Crippen molar-refractivity contribution in [2.45, 2.75) is 0 Å². The smallest absolute Gasteiger partial charge is 0.159 e. The molecule has 0 unspecified atom stereocenters. The maximum absolute atomic E-state index is 6.35. The molecule has 1 fully saturated rings. The number of nitrogen functional groups attached to an aromatic ring is 1. The molecule has 4 rings (SSSR count). The van der Waals surface area contributed by atoms with Crippen molar-refractivity contribution in [2.24, 2.45) is 0 Å². The minimum Gasteiger partial charge on any atom is -0.393 e. The summed E-state index contributed by atoms with van der Waals surface area (Å²) in [6, 6.07) is 14.2. The molecule has 0 amide bonds. The molecule has 3 aromatic rings. The topological polar surface area (TPSA) is 83.2 Å². The molecular formula is C19H21N7. The van der Waals surface area contributed by atoms with Crippen molar-refractivity contribution < 1.29 is 0 Å². The van der Waals surface area contributed by atoms with E-state index in [1.165, 1.54) is 5.69 Å². The van der Waals surface area contributed by atoms with Crippen molar-refractivity contribution >= 4 is 28.7 Å². The molecule has 0 aliphatic carbocycles. The molecule has 2 aromatic heterocycles. The van der Waals surface area contributed by atoms with E-state index < -0.39 is 0 Å². The second-order valence-corrected chi connectivity index (χ2v) is 6.13. The summed E-state index contributed by atoms with van der Waals surface area (Å²) < 4.78 is 0. The number of nitrogens with zero attached hydrogens (tertiary/aromatic N) is 5. The normalized spacial score (nSPS) is 14.3. The molecule has 1 aliphatic rings. The minimum absolute atomic E-state index is 0.567. The predicted molar refractivity (Wildman–Crippen MR) is 105 cm³/mol. The second kappa shape index (κ2) is 7.26. The Morgan fingerprint density at radius 2 is 1.54 bits per heavy atom. The van der Waals surface area contributed by atoms with Crippen LogP contribution in [0.15, 0.2) is 61.2 Å². The summed E-state index contributed by atoms with van der Waals surface area (Å²) in [5.41, 5.74) is 9.06. The van der Waals surface area contributed by atoms with Crippen molar-refractivity contribution in [3.8, 4) is 0 Å². The van der Waals surface area contributed by atoms with Gasteiger partial charge in [-0.05, 0) is 24.3 Å². The second-order valence-electron chi connectivity index (χ2n) is 6.13. The van der Waals surface area contributed by atoms with Gasteiger partial charge in [0.15, 0.2) is 11.6 Å². The third-order valence-corrected chi connectivity index (χ3v) is 4.51. The maximum Gasteiger partial charge on any atom is 0.159 e. The molecule has 7 nitrogen and oxygen atoms in total.